The Hall–Kier alpha value is -2.25. The second-order valence-corrected chi connectivity index (χ2v) is 7.92. The van der Waals surface area contributed by atoms with Crippen LogP contribution in [0.3, 0.4) is 0 Å². The first-order valence-electron chi connectivity index (χ1n) is 9.40. The van der Waals surface area contributed by atoms with Gasteiger partial charge in [-0.05, 0) is 44.0 Å². The summed E-state index contributed by atoms with van der Waals surface area (Å²) in [5, 5.41) is 8.09. The molecule has 1 unspecified atom stereocenters. The van der Waals surface area contributed by atoms with Crippen LogP contribution in [0.4, 0.5) is 5.13 Å². The molecule has 3 rings (SSSR count). The van der Waals surface area contributed by atoms with Crippen molar-refractivity contribution in [2.24, 2.45) is 5.92 Å². The van der Waals surface area contributed by atoms with E-state index in [4.69, 9.17) is 0 Å². The first kappa shape index (κ1) is 19.5. The van der Waals surface area contributed by atoms with Crippen molar-refractivity contribution in [1.82, 2.24) is 15.2 Å². The van der Waals surface area contributed by atoms with Crippen LogP contribution in [0.1, 0.15) is 35.8 Å². The predicted octanol–water partition coefficient (Wildman–Crippen LogP) is 2.79. The molecule has 0 radical (unpaired) electrons. The van der Waals surface area contributed by atoms with Crippen molar-refractivity contribution in [2.45, 2.75) is 26.2 Å². The Morgan fingerprint density at radius 1 is 1.22 bits per heavy atom. The van der Waals surface area contributed by atoms with Crippen molar-refractivity contribution in [1.29, 1.82) is 0 Å². The molecule has 1 aromatic carbocycles. The van der Waals surface area contributed by atoms with E-state index in [-0.39, 0.29) is 18.2 Å². The van der Waals surface area contributed by atoms with Gasteiger partial charge >= 0.3 is 0 Å². The summed E-state index contributed by atoms with van der Waals surface area (Å²) in [7, 11) is 0. The monoisotopic (exact) mass is 386 g/mol. The molecule has 2 N–H and O–H groups in total. The van der Waals surface area contributed by atoms with Crippen LogP contribution in [0.2, 0.25) is 0 Å². The van der Waals surface area contributed by atoms with Gasteiger partial charge in [-0.1, -0.05) is 25.1 Å². The minimum absolute atomic E-state index is 0.0329. The third-order valence-corrected chi connectivity index (χ3v) is 5.37. The van der Waals surface area contributed by atoms with Crippen LogP contribution in [-0.4, -0.2) is 47.9 Å². The van der Waals surface area contributed by atoms with Crippen LogP contribution in [-0.2, 0) is 11.2 Å². The van der Waals surface area contributed by atoms with Crippen molar-refractivity contribution in [3.63, 3.8) is 0 Å². The van der Waals surface area contributed by atoms with Crippen molar-refractivity contribution >= 4 is 28.3 Å². The summed E-state index contributed by atoms with van der Waals surface area (Å²) in [6.07, 6.45) is 2.80. The van der Waals surface area contributed by atoms with Crippen LogP contribution in [0, 0.1) is 5.92 Å². The Kier molecular flexibility index (Phi) is 6.95. The number of anilines is 1. The van der Waals surface area contributed by atoms with Crippen LogP contribution in [0.25, 0.3) is 0 Å². The number of carbonyl (C=O) groups is 2. The average molecular weight is 387 g/mol. The molecule has 1 atom stereocenters. The minimum atomic E-state index is -0.198. The lowest BCUT2D eigenvalue weighted by molar-refractivity contribution is -0.120. The molecule has 1 aliphatic rings. The number of benzene rings is 1. The number of hydrogen-bond donors (Lipinski definition) is 2. The predicted molar refractivity (Wildman–Crippen MR) is 108 cm³/mol. The number of rotatable bonds is 8. The number of hydrogen-bond acceptors (Lipinski definition) is 5. The fourth-order valence-corrected chi connectivity index (χ4v) is 3.90. The Labute approximate surface area is 164 Å². The molecular weight excluding hydrogens is 360 g/mol. The van der Waals surface area contributed by atoms with Gasteiger partial charge in [0.2, 0.25) is 5.91 Å². The van der Waals surface area contributed by atoms with Gasteiger partial charge in [0.1, 0.15) is 0 Å². The zero-order valence-electron chi connectivity index (χ0n) is 15.6. The maximum atomic E-state index is 12.2. The van der Waals surface area contributed by atoms with Crippen LogP contribution in [0.15, 0.2) is 35.7 Å². The van der Waals surface area contributed by atoms with Crippen molar-refractivity contribution < 1.29 is 9.59 Å². The largest absolute Gasteiger partial charge is 0.355 e. The fourth-order valence-electron chi connectivity index (χ4n) is 3.19. The molecule has 0 bridgehead atoms. The second kappa shape index (κ2) is 9.62. The second-order valence-electron chi connectivity index (χ2n) is 7.06. The van der Waals surface area contributed by atoms with Gasteiger partial charge in [0.25, 0.3) is 5.91 Å². The van der Waals surface area contributed by atoms with Crippen molar-refractivity contribution in [2.75, 3.05) is 31.5 Å². The SMILES string of the molecule is CC(CNC(=O)Cc1csc(NC(=O)c2ccccc2)n1)CN1CCCC1. The highest BCUT2D eigenvalue weighted by Gasteiger charge is 2.16. The molecule has 7 heteroatoms. The molecule has 2 heterocycles. The number of aromatic nitrogens is 1. The Morgan fingerprint density at radius 3 is 2.70 bits per heavy atom. The summed E-state index contributed by atoms with van der Waals surface area (Å²) in [5.41, 5.74) is 1.26. The lowest BCUT2D eigenvalue weighted by atomic mass is 10.1. The standard InChI is InChI=1S/C20H26N4O2S/c1-15(13-24-9-5-6-10-24)12-21-18(25)11-17-14-27-20(22-17)23-19(26)16-7-3-2-4-8-16/h2-4,7-8,14-15H,5-6,9-13H2,1H3,(H,21,25)(H,22,23,26). The van der Waals surface area contributed by atoms with E-state index >= 15 is 0 Å². The van der Waals surface area contributed by atoms with Crippen LogP contribution < -0.4 is 10.6 Å². The Balaban J connectivity index is 1.41. The van der Waals surface area contributed by atoms with Gasteiger partial charge in [0.05, 0.1) is 12.1 Å². The minimum Gasteiger partial charge on any atom is -0.355 e. The average Bonchev–Trinajstić information content (AvgIpc) is 3.33. The zero-order valence-corrected chi connectivity index (χ0v) is 16.4. The van der Waals surface area contributed by atoms with Gasteiger partial charge in [-0.15, -0.1) is 11.3 Å². The summed E-state index contributed by atoms with van der Waals surface area (Å²) in [4.78, 5) is 31.1. The molecule has 1 fully saturated rings. The summed E-state index contributed by atoms with van der Waals surface area (Å²) in [6.45, 7) is 6.23. The molecular formula is C20H26N4O2S. The lowest BCUT2D eigenvalue weighted by Crippen LogP contribution is -2.35. The van der Waals surface area contributed by atoms with Gasteiger partial charge in [-0.2, -0.15) is 0 Å². The zero-order chi connectivity index (χ0) is 19.1. The van der Waals surface area contributed by atoms with E-state index in [1.165, 1.54) is 37.3 Å². The van der Waals surface area contributed by atoms with E-state index in [1.54, 1.807) is 12.1 Å². The van der Waals surface area contributed by atoms with E-state index in [1.807, 2.05) is 23.6 Å². The number of likely N-dealkylation sites (tertiary alicyclic amines) is 1. The van der Waals surface area contributed by atoms with Gasteiger partial charge < -0.3 is 10.2 Å². The third-order valence-electron chi connectivity index (χ3n) is 4.57. The molecule has 2 aromatic rings. The smallest absolute Gasteiger partial charge is 0.257 e. The maximum absolute atomic E-state index is 12.2. The highest BCUT2D eigenvalue weighted by molar-refractivity contribution is 7.14. The highest BCUT2D eigenvalue weighted by atomic mass is 32.1. The van der Waals surface area contributed by atoms with Gasteiger partial charge in [-0.3, -0.25) is 14.9 Å². The lowest BCUT2D eigenvalue weighted by Gasteiger charge is -2.20. The number of amides is 2. The first-order valence-corrected chi connectivity index (χ1v) is 10.3. The molecule has 1 aliphatic heterocycles. The van der Waals surface area contributed by atoms with Crippen molar-refractivity contribution in [3.8, 4) is 0 Å². The summed E-state index contributed by atoms with van der Waals surface area (Å²) in [6, 6.07) is 9.00. The molecule has 1 aromatic heterocycles. The molecule has 6 nitrogen and oxygen atoms in total. The third kappa shape index (κ3) is 6.15. The van der Waals surface area contributed by atoms with Gasteiger partial charge in [0.15, 0.2) is 5.13 Å². The number of nitrogens with one attached hydrogen (secondary N) is 2. The van der Waals surface area contributed by atoms with Crippen molar-refractivity contribution in [3.05, 3.63) is 47.0 Å². The molecule has 0 aliphatic carbocycles. The molecule has 0 spiro atoms. The molecule has 144 valence electrons. The van der Waals surface area contributed by atoms with E-state index in [0.29, 0.717) is 28.9 Å². The number of nitrogens with zero attached hydrogens (tertiary/aromatic N) is 2. The number of carbonyl (C=O) groups excluding carboxylic acids is 2. The fraction of sp³-hybridized carbons (Fsp3) is 0.450. The molecule has 0 saturated carbocycles. The molecule has 27 heavy (non-hydrogen) atoms. The Bertz CT molecular complexity index is 756. The summed E-state index contributed by atoms with van der Waals surface area (Å²) < 4.78 is 0. The first-order chi connectivity index (χ1) is 13.1. The highest BCUT2D eigenvalue weighted by Crippen LogP contribution is 2.17. The van der Waals surface area contributed by atoms with E-state index in [2.05, 4.69) is 27.4 Å². The summed E-state index contributed by atoms with van der Waals surface area (Å²) in [5.74, 6) is 0.203. The van der Waals surface area contributed by atoms with Crippen LogP contribution in [0.5, 0.6) is 0 Å². The molecule has 1 saturated heterocycles. The topological polar surface area (TPSA) is 74.3 Å². The summed E-state index contributed by atoms with van der Waals surface area (Å²) >= 11 is 1.33. The normalized spacial score (nSPS) is 15.4. The van der Waals surface area contributed by atoms with E-state index in [9.17, 15) is 9.59 Å². The van der Waals surface area contributed by atoms with Gasteiger partial charge in [0, 0.05) is 24.0 Å². The van der Waals surface area contributed by atoms with Gasteiger partial charge in [-0.25, -0.2) is 4.98 Å². The maximum Gasteiger partial charge on any atom is 0.257 e. The molecule has 2 amide bonds. The van der Waals surface area contributed by atoms with E-state index < -0.39 is 0 Å². The Morgan fingerprint density at radius 2 is 1.96 bits per heavy atom. The quantitative estimate of drug-likeness (QED) is 0.732. The van der Waals surface area contributed by atoms with E-state index in [0.717, 1.165) is 6.54 Å². The number of thiazole rings is 1. The van der Waals surface area contributed by atoms with Crippen LogP contribution >= 0.6 is 11.3 Å².